The average molecular weight is 498 g/mol. The Balaban J connectivity index is 1.34. The summed E-state index contributed by atoms with van der Waals surface area (Å²) in [6.07, 6.45) is 5.40. The van der Waals surface area contributed by atoms with Crippen LogP contribution in [0.15, 0.2) is 78.2 Å². The number of anilines is 3. The second kappa shape index (κ2) is 11.9. The minimum Gasteiger partial charge on any atom is -0.508 e. The molecule has 0 aliphatic carbocycles. The van der Waals surface area contributed by atoms with E-state index < -0.39 is 5.82 Å². The van der Waals surface area contributed by atoms with Crippen LogP contribution in [0.5, 0.6) is 5.75 Å². The fraction of sp³-hybridized carbons (Fsp3) is 0.179. The Morgan fingerprint density at radius 2 is 1.84 bits per heavy atom. The van der Waals surface area contributed by atoms with Gasteiger partial charge in [0.2, 0.25) is 5.95 Å². The fourth-order valence-electron chi connectivity index (χ4n) is 3.70. The summed E-state index contributed by atoms with van der Waals surface area (Å²) >= 11 is 0. The molecule has 1 unspecified atom stereocenters. The first-order valence-electron chi connectivity index (χ1n) is 11.9. The number of nitrogens with one attached hydrogen (secondary N) is 3. The van der Waals surface area contributed by atoms with E-state index in [-0.39, 0.29) is 23.3 Å². The van der Waals surface area contributed by atoms with Gasteiger partial charge in [0.15, 0.2) is 5.82 Å². The molecular weight excluding hydrogens is 469 g/mol. The van der Waals surface area contributed by atoms with E-state index in [0.717, 1.165) is 28.7 Å². The first-order valence-corrected chi connectivity index (χ1v) is 11.9. The van der Waals surface area contributed by atoms with Crippen molar-refractivity contribution in [1.82, 2.24) is 15.0 Å². The lowest BCUT2D eigenvalue weighted by molar-refractivity contribution is 0.475. The van der Waals surface area contributed by atoms with Gasteiger partial charge in [0, 0.05) is 17.3 Å². The highest BCUT2D eigenvalue weighted by molar-refractivity contribution is 5.81. The third-order valence-electron chi connectivity index (χ3n) is 5.72. The normalized spacial score (nSPS) is 11.9. The first-order chi connectivity index (χ1) is 17.9. The third kappa shape index (κ3) is 6.94. The van der Waals surface area contributed by atoms with Crippen molar-refractivity contribution in [3.8, 4) is 16.9 Å². The first kappa shape index (κ1) is 25.4. The van der Waals surface area contributed by atoms with E-state index >= 15 is 0 Å². The van der Waals surface area contributed by atoms with E-state index in [1.807, 2.05) is 62.4 Å². The monoisotopic (exact) mass is 497 g/mol. The number of hydrogen-bond donors (Lipinski definition) is 4. The molecule has 0 saturated heterocycles. The van der Waals surface area contributed by atoms with Crippen LogP contribution in [0.1, 0.15) is 44.0 Å². The van der Waals surface area contributed by atoms with Gasteiger partial charge >= 0.3 is 0 Å². The van der Waals surface area contributed by atoms with Crippen LogP contribution in [-0.2, 0) is 0 Å². The number of hydrazone groups is 1. The summed E-state index contributed by atoms with van der Waals surface area (Å²) in [5, 5.41) is 24.9. The predicted octanol–water partition coefficient (Wildman–Crippen LogP) is 6.50. The van der Waals surface area contributed by atoms with Gasteiger partial charge in [-0.2, -0.15) is 5.10 Å². The molecular formula is C28H28FN7O. The summed E-state index contributed by atoms with van der Waals surface area (Å²) in [7, 11) is 0. The summed E-state index contributed by atoms with van der Waals surface area (Å²) in [5.74, 6) is -0.317. The molecule has 37 heavy (non-hydrogen) atoms. The minimum absolute atomic E-state index is 0.176. The van der Waals surface area contributed by atoms with E-state index in [1.165, 1.54) is 6.21 Å². The lowest BCUT2D eigenvalue weighted by Crippen LogP contribution is -2.09. The second-order valence-electron chi connectivity index (χ2n) is 8.58. The Morgan fingerprint density at radius 1 is 1.05 bits per heavy atom. The maximum atomic E-state index is 14.2. The van der Waals surface area contributed by atoms with Crippen LogP contribution in [0.3, 0.4) is 0 Å². The Morgan fingerprint density at radius 3 is 2.54 bits per heavy atom. The number of aromatic nitrogens is 3. The molecule has 0 spiro atoms. The molecule has 0 saturated carbocycles. The Labute approximate surface area is 214 Å². The summed E-state index contributed by atoms with van der Waals surface area (Å²) in [5.41, 5.74) is 7.80. The van der Waals surface area contributed by atoms with E-state index in [9.17, 15) is 9.50 Å². The summed E-state index contributed by atoms with van der Waals surface area (Å²) < 4.78 is 14.2. The Kier molecular flexibility index (Phi) is 8.15. The highest BCUT2D eigenvalue weighted by Gasteiger charge is 2.16. The predicted molar refractivity (Wildman–Crippen MR) is 145 cm³/mol. The Hall–Kier alpha value is -4.66. The van der Waals surface area contributed by atoms with Crippen molar-refractivity contribution in [2.75, 3.05) is 10.7 Å². The van der Waals surface area contributed by atoms with Gasteiger partial charge in [0.25, 0.3) is 0 Å². The number of phenolic OH excluding ortho intramolecular Hbond substituents is 1. The molecule has 8 nitrogen and oxygen atoms in total. The van der Waals surface area contributed by atoms with Gasteiger partial charge in [-0.25, -0.2) is 19.8 Å². The molecule has 2 heterocycles. The van der Waals surface area contributed by atoms with Crippen LogP contribution >= 0.6 is 0 Å². The average Bonchev–Trinajstić information content (AvgIpc) is 2.91. The van der Waals surface area contributed by atoms with Crippen molar-refractivity contribution in [3.63, 3.8) is 0 Å². The van der Waals surface area contributed by atoms with Crippen molar-refractivity contribution >= 4 is 29.2 Å². The number of hydrogen-bond acceptors (Lipinski definition) is 8. The molecule has 4 N–H and O–H groups in total. The number of benzene rings is 2. The van der Waals surface area contributed by atoms with Crippen LogP contribution < -0.4 is 10.7 Å². The van der Waals surface area contributed by atoms with E-state index in [2.05, 4.69) is 30.8 Å². The van der Waals surface area contributed by atoms with Gasteiger partial charge in [-0.1, -0.05) is 38.1 Å². The number of aromatic hydroxyl groups is 1. The summed E-state index contributed by atoms with van der Waals surface area (Å²) in [6, 6.07) is 18.7. The van der Waals surface area contributed by atoms with Gasteiger partial charge < -0.3 is 15.8 Å². The molecule has 0 aliphatic rings. The van der Waals surface area contributed by atoms with Crippen LogP contribution in [0.2, 0.25) is 0 Å². The van der Waals surface area contributed by atoms with E-state index in [0.29, 0.717) is 24.2 Å². The highest BCUT2D eigenvalue weighted by atomic mass is 19.1. The number of halogens is 1. The molecule has 0 amide bonds. The SMILES string of the molecule is CCC(=N)CC(C)c1nc(N/N=C/c2ccc(Nc3ccc(-c4cccc(O)c4)cc3)cn2)ncc1F. The number of pyridine rings is 1. The molecule has 2 aromatic heterocycles. The van der Waals surface area contributed by atoms with Crippen LogP contribution in [0.25, 0.3) is 11.1 Å². The van der Waals surface area contributed by atoms with Gasteiger partial charge in [-0.05, 0) is 60.4 Å². The molecule has 0 bridgehead atoms. The van der Waals surface area contributed by atoms with Crippen molar-refractivity contribution in [3.05, 3.63) is 90.3 Å². The molecule has 9 heteroatoms. The van der Waals surface area contributed by atoms with Gasteiger partial charge in [-0.15, -0.1) is 0 Å². The molecule has 1 atom stereocenters. The maximum Gasteiger partial charge on any atom is 0.243 e. The molecule has 4 aromatic rings. The van der Waals surface area contributed by atoms with Crippen LogP contribution in [0, 0.1) is 11.2 Å². The van der Waals surface area contributed by atoms with Crippen molar-refractivity contribution in [2.45, 2.75) is 32.6 Å². The van der Waals surface area contributed by atoms with Gasteiger partial charge in [-0.3, -0.25) is 4.98 Å². The second-order valence-corrected chi connectivity index (χ2v) is 8.58. The van der Waals surface area contributed by atoms with Crippen molar-refractivity contribution in [1.29, 1.82) is 5.41 Å². The molecule has 0 aliphatic heterocycles. The van der Waals surface area contributed by atoms with Crippen LogP contribution in [0.4, 0.5) is 21.7 Å². The summed E-state index contributed by atoms with van der Waals surface area (Å²) in [6.45, 7) is 3.74. The van der Waals surface area contributed by atoms with E-state index in [4.69, 9.17) is 5.41 Å². The number of phenols is 1. The zero-order chi connectivity index (χ0) is 26.2. The number of rotatable bonds is 10. The maximum absolute atomic E-state index is 14.2. The smallest absolute Gasteiger partial charge is 0.243 e. The zero-order valence-corrected chi connectivity index (χ0v) is 20.6. The standard InChI is InChI=1S/C28H28FN7O/c1-3-21(30)13-18(2)27-26(29)17-32-28(35-27)36-33-16-23-11-12-24(15-31-23)34-22-9-7-19(8-10-22)20-5-4-6-25(37)14-20/h4-12,14-18,30,34,37H,3,13H2,1-2H3,(H,32,35,36)/b30-21?,33-16+. The van der Waals surface area contributed by atoms with Gasteiger partial charge in [0.05, 0.1) is 35.7 Å². The Bertz CT molecular complexity index is 1390. The molecule has 4 rings (SSSR count). The topological polar surface area (TPSA) is 119 Å². The quantitative estimate of drug-likeness (QED) is 0.147. The molecule has 188 valence electrons. The largest absolute Gasteiger partial charge is 0.508 e. The minimum atomic E-state index is -0.496. The molecule has 0 fully saturated rings. The fourth-order valence-corrected chi connectivity index (χ4v) is 3.70. The van der Waals surface area contributed by atoms with Gasteiger partial charge in [0.1, 0.15) is 5.75 Å². The van der Waals surface area contributed by atoms with E-state index in [1.54, 1.807) is 18.3 Å². The van der Waals surface area contributed by atoms with Crippen LogP contribution in [-0.4, -0.2) is 32.0 Å². The number of nitrogens with zero attached hydrogens (tertiary/aromatic N) is 4. The third-order valence-corrected chi connectivity index (χ3v) is 5.72. The molecule has 0 radical (unpaired) electrons. The highest BCUT2D eigenvalue weighted by Crippen LogP contribution is 2.26. The molecule has 2 aromatic carbocycles. The van der Waals surface area contributed by atoms with Crippen molar-refractivity contribution in [2.24, 2.45) is 5.10 Å². The van der Waals surface area contributed by atoms with Crippen molar-refractivity contribution < 1.29 is 9.50 Å². The zero-order valence-electron chi connectivity index (χ0n) is 20.6. The lowest BCUT2D eigenvalue weighted by Gasteiger charge is -2.12. The lowest BCUT2D eigenvalue weighted by atomic mass is 9.99. The summed E-state index contributed by atoms with van der Waals surface area (Å²) in [4.78, 5) is 12.5.